The van der Waals surface area contributed by atoms with Gasteiger partial charge in [-0.15, -0.1) is 15.3 Å². The molecule has 0 saturated carbocycles. The lowest BCUT2D eigenvalue weighted by Crippen LogP contribution is -2.22. The normalized spacial score (nSPS) is 12.8. The molecule has 0 amide bonds. The van der Waals surface area contributed by atoms with E-state index < -0.39 is 48.1 Å². The van der Waals surface area contributed by atoms with Crippen molar-refractivity contribution in [3.8, 4) is 22.9 Å². The number of fused-ring (bicyclic) bond motifs is 1. The second-order valence-electron chi connectivity index (χ2n) is 7.35. The summed E-state index contributed by atoms with van der Waals surface area (Å²) in [6.45, 7) is -1.83. The van der Waals surface area contributed by atoms with Crippen LogP contribution >= 0.6 is 0 Å². The highest BCUT2D eigenvalue weighted by molar-refractivity contribution is 5.84. The number of alkyl halides is 5. The highest BCUT2D eigenvalue weighted by atomic mass is 19.4. The van der Waals surface area contributed by atoms with Crippen molar-refractivity contribution in [2.24, 2.45) is 7.05 Å². The van der Waals surface area contributed by atoms with Gasteiger partial charge in [-0.3, -0.25) is 9.78 Å². The Hall–Kier alpha value is -4.37. The fraction of sp³-hybridized carbons (Fsp3) is 0.250. The van der Waals surface area contributed by atoms with Crippen LogP contribution in [0, 0.1) is 5.82 Å². The van der Waals surface area contributed by atoms with Crippen LogP contribution in [0.25, 0.3) is 22.3 Å². The summed E-state index contributed by atoms with van der Waals surface area (Å²) >= 11 is 0. The van der Waals surface area contributed by atoms with Gasteiger partial charge in [-0.25, -0.2) is 22.6 Å². The van der Waals surface area contributed by atoms with Crippen molar-refractivity contribution in [2.75, 3.05) is 6.61 Å². The van der Waals surface area contributed by atoms with Crippen molar-refractivity contribution in [1.29, 1.82) is 0 Å². The van der Waals surface area contributed by atoms with Crippen molar-refractivity contribution < 1.29 is 35.8 Å². The zero-order valence-corrected chi connectivity index (χ0v) is 17.9. The van der Waals surface area contributed by atoms with E-state index in [0.717, 1.165) is 16.9 Å². The van der Waals surface area contributed by atoms with Gasteiger partial charge in [0.25, 0.3) is 12.0 Å². The van der Waals surface area contributed by atoms with Gasteiger partial charge in [0.1, 0.15) is 5.69 Å². The molecule has 1 atom stereocenters. The number of benzene rings is 1. The molecule has 4 aromatic rings. The monoisotopic (exact) mass is 516 g/mol. The number of nitrogens with one attached hydrogen (secondary N) is 2. The van der Waals surface area contributed by atoms with Gasteiger partial charge in [0.2, 0.25) is 5.88 Å². The average molecular weight is 516 g/mol. The third kappa shape index (κ3) is 5.16. The zero-order chi connectivity index (χ0) is 26.2. The molecule has 0 radical (unpaired) electrons. The van der Waals surface area contributed by atoms with Gasteiger partial charge in [0.15, 0.2) is 29.9 Å². The Labute approximate surface area is 195 Å². The summed E-state index contributed by atoms with van der Waals surface area (Å²) < 4.78 is 90.0. The van der Waals surface area contributed by atoms with Crippen LogP contribution in [0.3, 0.4) is 0 Å². The van der Waals surface area contributed by atoms with E-state index in [1.807, 2.05) is 4.98 Å². The maximum absolute atomic E-state index is 13.9. The Bertz CT molecular complexity index is 1530. The van der Waals surface area contributed by atoms with Gasteiger partial charge in [-0.1, -0.05) is 6.07 Å². The highest BCUT2D eigenvalue weighted by Gasteiger charge is 2.31. The summed E-state index contributed by atoms with van der Waals surface area (Å²) in [6.07, 6.45) is -9.01. The van der Waals surface area contributed by atoms with Crippen LogP contribution < -0.4 is 20.7 Å². The molecule has 0 bridgehead atoms. The first kappa shape index (κ1) is 24.7. The van der Waals surface area contributed by atoms with Crippen molar-refractivity contribution in [1.82, 2.24) is 29.9 Å². The second-order valence-corrected chi connectivity index (χ2v) is 7.35. The number of aromatic amines is 2. The summed E-state index contributed by atoms with van der Waals surface area (Å²) in [4.78, 5) is 27.6. The Balaban J connectivity index is 1.72. The molecular formula is C20H14F6N6O4. The molecule has 0 saturated heterocycles. The van der Waals surface area contributed by atoms with Gasteiger partial charge in [-0.05, 0) is 18.2 Å². The minimum atomic E-state index is -4.78. The van der Waals surface area contributed by atoms with E-state index in [1.54, 1.807) is 0 Å². The highest BCUT2D eigenvalue weighted by Crippen LogP contribution is 2.34. The lowest BCUT2D eigenvalue weighted by Gasteiger charge is -2.19. The Morgan fingerprint density at radius 1 is 1.14 bits per heavy atom. The third-order valence-corrected chi connectivity index (χ3v) is 4.79. The quantitative estimate of drug-likeness (QED) is 0.362. The number of halogens is 6. The topological polar surface area (TPSA) is 128 Å². The second kappa shape index (κ2) is 9.35. The molecule has 0 aliphatic carbocycles. The maximum Gasteiger partial charge on any atom is 0.422 e. The Kier molecular flexibility index (Phi) is 6.43. The molecule has 16 heteroatoms. The molecule has 0 spiro atoms. The predicted molar refractivity (Wildman–Crippen MR) is 110 cm³/mol. The van der Waals surface area contributed by atoms with Crippen LogP contribution in [0.2, 0.25) is 0 Å². The van der Waals surface area contributed by atoms with Crippen LogP contribution in [0.5, 0.6) is 11.6 Å². The fourth-order valence-electron chi connectivity index (χ4n) is 3.19. The molecule has 36 heavy (non-hydrogen) atoms. The standard InChI is InChI=1S/C20H14F6N6O4/c1-32-16-9(5-12(29-30-16)10-6-27-19(34)28-17(10)33)18(31-32)36-14(15(22)23)8-2-3-11(21)13(4-8)35-7-20(24,25)26/h2-6,14-15H,7H2,1H3,(H2,27,28,33,34)/t14-/m1/s1. The van der Waals surface area contributed by atoms with E-state index in [2.05, 4.69) is 25.0 Å². The van der Waals surface area contributed by atoms with Crippen molar-refractivity contribution in [3.63, 3.8) is 0 Å². The number of rotatable bonds is 7. The largest absolute Gasteiger partial charge is 0.481 e. The van der Waals surface area contributed by atoms with Crippen molar-refractivity contribution in [3.05, 3.63) is 62.7 Å². The van der Waals surface area contributed by atoms with E-state index in [4.69, 9.17) is 4.74 Å². The molecule has 3 aromatic heterocycles. The molecule has 0 aliphatic rings. The van der Waals surface area contributed by atoms with Crippen molar-refractivity contribution >= 4 is 11.0 Å². The summed E-state index contributed by atoms with van der Waals surface area (Å²) in [5.41, 5.74) is -1.99. The van der Waals surface area contributed by atoms with E-state index >= 15 is 0 Å². The smallest absolute Gasteiger partial charge is 0.422 e. The molecule has 2 N–H and O–H groups in total. The number of nitrogens with zero attached hydrogens (tertiary/aromatic N) is 4. The van der Waals surface area contributed by atoms with Crippen LogP contribution in [0.1, 0.15) is 11.7 Å². The Morgan fingerprint density at radius 2 is 1.89 bits per heavy atom. The van der Waals surface area contributed by atoms with Crippen LogP contribution in [0.4, 0.5) is 26.3 Å². The van der Waals surface area contributed by atoms with Gasteiger partial charge in [0.05, 0.1) is 10.9 Å². The zero-order valence-electron chi connectivity index (χ0n) is 17.9. The number of hydrogen-bond acceptors (Lipinski definition) is 7. The third-order valence-electron chi connectivity index (χ3n) is 4.79. The molecule has 3 heterocycles. The lowest BCUT2D eigenvalue weighted by molar-refractivity contribution is -0.153. The number of ether oxygens (including phenoxy) is 2. The maximum atomic E-state index is 13.9. The molecule has 1 aromatic carbocycles. The molecule has 10 nitrogen and oxygen atoms in total. The van der Waals surface area contributed by atoms with Crippen LogP contribution in [-0.2, 0) is 7.05 Å². The van der Waals surface area contributed by atoms with Crippen molar-refractivity contribution in [2.45, 2.75) is 18.7 Å². The minimum absolute atomic E-state index is 0.0453. The fourth-order valence-corrected chi connectivity index (χ4v) is 3.19. The van der Waals surface area contributed by atoms with E-state index in [0.29, 0.717) is 12.1 Å². The SMILES string of the molecule is Cn1nc(O[C@H](c2ccc(F)c(OCC(F)(F)F)c2)C(F)F)c2cc(-c3c[nH]c(=O)[nH]c3=O)nnc21. The lowest BCUT2D eigenvalue weighted by atomic mass is 10.1. The van der Waals surface area contributed by atoms with Gasteiger partial charge >= 0.3 is 11.9 Å². The summed E-state index contributed by atoms with van der Waals surface area (Å²) in [7, 11) is 1.41. The van der Waals surface area contributed by atoms with E-state index in [9.17, 15) is 35.9 Å². The number of aryl methyl sites for hydroxylation is 1. The summed E-state index contributed by atoms with van der Waals surface area (Å²) in [5.74, 6) is -2.46. The molecular weight excluding hydrogens is 502 g/mol. The van der Waals surface area contributed by atoms with Gasteiger partial charge in [-0.2, -0.15) is 13.2 Å². The van der Waals surface area contributed by atoms with Gasteiger partial charge < -0.3 is 14.5 Å². The first-order valence-electron chi connectivity index (χ1n) is 9.89. The summed E-state index contributed by atoms with van der Waals surface area (Å²) in [5, 5.41) is 11.8. The summed E-state index contributed by atoms with van der Waals surface area (Å²) in [6, 6.07) is 3.51. The number of H-pyrrole nitrogens is 2. The predicted octanol–water partition coefficient (Wildman–Crippen LogP) is 2.87. The molecule has 0 unspecified atom stereocenters. The van der Waals surface area contributed by atoms with Crippen LogP contribution in [0.15, 0.2) is 40.1 Å². The minimum Gasteiger partial charge on any atom is -0.481 e. The van der Waals surface area contributed by atoms with Gasteiger partial charge in [0, 0.05) is 18.8 Å². The van der Waals surface area contributed by atoms with Crippen LogP contribution in [-0.4, -0.2) is 49.2 Å². The first-order valence-corrected chi connectivity index (χ1v) is 9.89. The van der Waals surface area contributed by atoms with E-state index in [1.165, 1.54) is 13.1 Å². The molecule has 0 fully saturated rings. The number of hydrogen-bond donors (Lipinski definition) is 2. The molecule has 190 valence electrons. The average Bonchev–Trinajstić information content (AvgIpc) is 3.11. The first-order chi connectivity index (χ1) is 16.9. The molecule has 4 rings (SSSR count). The Morgan fingerprint density at radius 3 is 2.56 bits per heavy atom. The number of aromatic nitrogens is 6. The molecule has 0 aliphatic heterocycles. The van der Waals surface area contributed by atoms with E-state index in [-0.39, 0.29) is 33.7 Å².